The van der Waals surface area contributed by atoms with Gasteiger partial charge in [0.2, 0.25) is 6.79 Å². The molecule has 2 aromatic carbocycles. The van der Waals surface area contributed by atoms with Crippen LogP contribution in [0.4, 0.5) is 0 Å². The van der Waals surface area contributed by atoms with Crippen LogP contribution in [0, 0.1) is 0 Å². The minimum atomic E-state index is 0.0803. The van der Waals surface area contributed by atoms with Gasteiger partial charge in [0.1, 0.15) is 6.61 Å². The lowest BCUT2D eigenvalue weighted by Crippen LogP contribution is -2.31. The Hall–Kier alpha value is -1.96. The smallest absolute Gasteiger partial charge is 0.231 e. The van der Waals surface area contributed by atoms with Crippen molar-refractivity contribution in [2.45, 2.75) is 32.5 Å². The van der Waals surface area contributed by atoms with Crippen molar-refractivity contribution >= 4 is 15.9 Å². The van der Waals surface area contributed by atoms with Crippen LogP contribution in [0.25, 0.3) is 0 Å². The first-order chi connectivity index (χ1) is 13.1. The number of hydrogen-bond donors (Lipinski definition) is 2. The van der Waals surface area contributed by atoms with Gasteiger partial charge in [-0.1, -0.05) is 13.0 Å². The Morgan fingerprint density at radius 3 is 2.74 bits per heavy atom. The van der Waals surface area contributed by atoms with Gasteiger partial charge in [-0.25, -0.2) is 0 Å². The highest BCUT2D eigenvalue weighted by Gasteiger charge is 2.16. The lowest BCUT2D eigenvalue weighted by molar-refractivity contribution is 0.174. The predicted octanol–water partition coefficient (Wildman–Crippen LogP) is 3.63. The van der Waals surface area contributed by atoms with Crippen molar-refractivity contribution in [1.82, 2.24) is 5.32 Å². The van der Waals surface area contributed by atoms with E-state index in [4.69, 9.17) is 18.9 Å². The van der Waals surface area contributed by atoms with Gasteiger partial charge in [-0.05, 0) is 57.7 Å². The van der Waals surface area contributed by atoms with Gasteiger partial charge in [0.05, 0.1) is 18.2 Å². The summed E-state index contributed by atoms with van der Waals surface area (Å²) in [5.41, 5.74) is 2.02. The van der Waals surface area contributed by atoms with E-state index < -0.39 is 0 Å². The molecule has 1 heterocycles. The lowest BCUT2D eigenvalue weighted by Gasteiger charge is -2.17. The van der Waals surface area contributed by atoms with Gasteiger partial charge in [-0.3, -0.25) is 0 Å². The van der Waals surface area contributed by atoms with Crippen LogP contribution in [-0.4, -0.2) is 31.7 Å². The third kappa shape index (κ3) is 4.86. The van der Waals surface area contributed by atoms with E-state index in [0.717, 1.165) is 33.5 Å². The molecule has 2 N–H and O–H groups in total. The largest absolute Gasteiger partial charge is 0.493 e. The maximum absolute atomic E-state index is 9.31. The Bertz CT molecular complexity index is 779. The summed E-state index contributed by atoms with van der Waals surface area (Å²) in [7, 11) is 1.62. The maximum atomic E-state index is 9.31. The molecule has 1 unspecified atom stereocenters. The molecular formula is C20H24BrNO5. The molecule has 0 aromatic heterocycles. The molecular weight excluding hydrogens is 414 g/mol. The number of fused-ring (bicyclic) bond motifs is 1. The number of aliphatic hydroxyl groups is 1. The van der Waals surface area contributed by atoms with E-state index >= 15 is 0 Å². The molecule has 6 nitrogen and oxygen atoms in total. The van der Waals surface area contributed by atoms with Gasteiger partial charge in [0.25, 0.3) is 0 Å². The average Bonchev–Trinajstić information content (AvgIpc) is 3.15. The van der Waals surface area contributed by atoms with Crippen LogP contribution in [0.3, 0.4) is 0 Å². The zero-order chi connectivity index (χ0) is 19.2. The highest BCUT2D eigenvalue weighted by molar-refractivity contribution is 9.10. The van der Waals surface area contributed by atoms with E-state index in [1.54, 1.807) is 7.11 Å². The molecule has 0 saturated heterocycles. The topological polar surface area (TPSA) is 69.2 Å². The molecule has 146 valence electrons. The molecule has 7 heteroatoms. The molecule has 0 spiro atoms. The molecule has 0 saturated carbocycles. The minimum Gasteiger partial charge on any atom is -0.493 e. The first-order valence-electron chi connectivity index (χ1n) is 8.86. The van der Waals surface area contributed by atoms with Gasteiger partial charge < -0.3 is 29.4 Å². The Morgan fingerprint density at radius 1 is 1.19 bits per heavy atom. The lowest BCUT2D eigenvalue weighted by atomic mass is 10.1. The summed E-state index contributed by atoms with van der Waals surface area (Å²) < 4.78 is 23.1. The number of benzene rings is 2. The first-order valence-corrected chi connectivity index (χ1v) is 9.65. The summed E-state index contributed by atoms with van der Waals surface area (Å²) in [6, 6.07) is 9.77. The third-order valence-electron chi connectivity index (χ3n) is 4.42. The van der Waals surface area contributed by atoms with E-state index in [1.807, 2.05) is 37.3 Å². The standard InChI is InChI=1S/C20H24BrNO5/c1-3-15(10-23)22-9-14-6-16(21)20(19(8-14)24-2)25-11-13-4-5-17-18(7-13)27-12-26-17/h4-8,15,22-23H,3,9-12H2,1-2H3. The van der Waals surface area contributed by atoms with Crippen LogP contribution >= 0.6 is 15.9 Å². The number of nitrogens with one attached hydrogen (secondary N) is 1. The third-order valence-corrected chi connectivity index (χ3v) is 5.01. The quantitative estimate of drug-likeness (QED) is 0.624. The molecule has 0 bridgehead atoms. The van der Waals surface area contributed by atoms with E-state index in [0.29, 0.717) is 24.7 Å². The molecule has 1 aliphatic rings. The fourth-order valence-electron chi connectivity index (χ4n) is 2.80. The molecule has 0 aliphatic carbocycles. The van der Waals surface area contributed by atoms with Crippen LogP contribution in [0.1, 0.15) is 24.5 Å². The molecule has 0 fully saturated rings. The second kappa shape index (κ2) is 9.30. The van der Waals surface area contributed by atoms with Crippen molar-refractivity contribution in [2.75, 3.05) is 20.5 Å². The van der Waals surface area contributed by atoms with Crippen LogP contribution < -0.4 is 24.3 Å². The van der Waals surface area contributed by atoms with Gasteiger partial charge in [-0.15, -0.1) is 0 Å². The molecule has 0 amide bonds. The summed E-state index contributed by atoms with van der Waals surface area (Å²) >= 11 is 3.58. The first kappa shape index (κ1) is 19.8. The van der Waals surface area contributed by atoms with Crippen molar-refractivity contribution in [3.63, 3.8) is 0 Å². The minimum absolute atomic E-state index is 0.0803. The highest BCUT2D eigenvalue weighted by atomic mass is 79.9. The van der Waals surface area contributed by atoms with Crippen LogP contribution in [0.15, 0.2) is 34.8 Å². The fraction of sp³-hybridized carbons (Fsp3) is 0.400. The van der Waals surface area contributed by atoms with Gasteiger partial charge in [0, 0.05) is 12.6 Å². The van der Waals surface area contributed by atoms with Crippen molar-refractivity contribution < 1.29 is 24.1 Å². The van der Waals surface area contributed by atoms with Crippen LogP contribution in [0.5, 0.6) is 23.0 Å². The SMILES string of the molecule is CCC(CO)NCc1cc(Br)c(OCc2ccc3c(c2)OCO3)c(OC)c1. The van der Waals surface area contributed by atoms with Crippen molar-refractivity contribution in [3.05, 3.63) is 45.9 Å². The number of methoxy groups -OCH3 is 1. The summed E-state index contributed by atoms with van der Waals surface area (Å²) in [5, 5.41) is 12.6. The van der Waals surface area contributed by atoms with Crippen molar-refractivity contribution in [3.8, 4) is 23.0 Å². The molecule has 27 heavy (non-hydrogen) atoms. The Balaban J connectivity index is 1.69. The molecule has 2 aromatic rings. The maximum Gasteiger partial charge on any atom is 0.231 e. The Kier molecular flexibility index (Phi) is 6.82. The van der Waals surface area contributed by atoms with E-state index in [-0.39, 0.29) is 19.4 Å². The van der Waals surface area contributed by atoms with E-state index in [2.05, 4.69) is 21.2 Å². The van der Waals surface area contributed by atoms with Gasteiger partial charge in [0.15, 0.2) is 23.0 Å². The number of rotatable bonds is 9. The van der Waals surface area contributed by atoms with Crippen LogP contribution in [-0.2, 0) is 13.2 Å². The zero-order valence-corrected chi connectivity index (χ0v) is 17.0. The van der Waals surface area contributed by atoms with Crippen molar-refractivity contribution in [1.29, 1.82) is 0 Å². The fourth-order valence-corrected chi connectivity index (χ4v) is 3.41. The van der Waals surface area contributed by atoms with Gasteiger partial charge in [-0.2, -0.15) is 0 Å². The Labute approximate surface area is 167 Å². The number of aliphatic hydroxyl groups excluding tert-OH is 1. The second-order valence-corrected chi connectivity index (χ2v) is 7.11. The summed E-state index contributed by atoms with van der Waals surface area (Å²) in [5.74, 6) is 2.78. The van der Waals surface area contributed by atoms with Crippen LogP contribution in [0.2, 0.25) is 0 Å². The zero-order valence-electron chi connectivity index (χ0n) is 15.5. The average molecular weight is 438 g/mol. The molecule has 0 radical (unpaired) electrons. The number of hydrogen-bond acceptors (Lipinski definition) is 6. The summed E-state index contributed by atoms with van der Waals surface area (Å²) in [6.45, 7) is 3.43. The van der Waals surface area contributed by atoms with Crippen molar-refractivity contribution in [2.24, 2.45) is 0 Å². The predicted molar refractivity (Wildman–Crippen MR) is 106 cm³/mol. The monoisotopic (exact) mass is 437 g/mol. The number of halogens is 1. The molecule has 1 aliphatic heterocycles. The summed E-state index contributed by atoms with van der Waals surface area (Å²) in [6.07, 6.45) is 0.867. The Morgan fingerprint density at radius 2 is 2.00 bits per heavy atom. The number of ether oxygens (including phenoxy) is 4. The van der Waals surface area contributed by atoms with Gasteiger partial charge >= 0.3 is 0 Å². The van der Waals surface area contributed by atoms with E-state index in [9.17, 15) is 5.11 Å². The highest BCUT2D eigenvalue weighted by Crippen LogP contribution is 2.38. The second-order valence-electron chi connectivity index (χ2n) is 6.25. The molecule has 3 rings (SSSR count). The van der Waals surface area contributed by atoms with E-state index in [1.165, 1.54) is 0 Å². The normalized spacial score (nSPS) is 13.5. The molecule has 1 atom stereocenters. The summed E-state index contributed by atoms with van der Waals surface area (Å²) in [4.78, 5) is 0.